The Bertz CT molecular complexity index is 714. The molecule has 3 nitrogen and oxygen atoms in total. The van der Waals surface area contributed by atoms with Crippen LogP contribution >= 0.6 is 0 Å². The van der Waals surface area contributed by atoms with Crippen molar-refractivity contribution in [3.8, 4) is 0 Å². The van der Waals surface area contributed by atoms with Gasteiger partial charge >= 0.3 is 0 Å². The summed E-state index contributed by atoms with van der Waals surface area (Å²) in [5, 5.41) is 0. The molecule has 20 heavy (non-hydrogen) atoms. The number of fused-ring (bicyclic) bond motifs is 1. The molecule has 2 aromatic heterocycles. The molecular weight excluding hydrogens is 246 g/mol. The summed E-state index contributed by atoms with van der Waals surface area (Å²) in [5.41, 5.74) is 11.0. The van der Waals surface area contributed by atoms with E-state index in [-0.39, 0.29) is 0 Å². The lowest BCUT2D eigenvalue weighted by Crippen LogP contribution is -2.01. The Morgan fingerprint density at radius 2 is 1.95 bits per heavy atom. The largest absolute Gasteiger partial charge is 0.385 e. The minimum Gasteiger partial charge on any atom is -0.385 e. The van der Waals surface area contributed by atoms with Crippen molar-refractivity contribution in [3.05, 3.63) is 65.6 Å². The minimum atomic E-state index is 0.792. The fourth-order valence-electron chi connectivity index (χ4n) is 2.70. The van der Waals surface area contributed by atoms with Crippen LogP contribution in [0.15, 0.2) is 48.8 Å². The number of aromatic nitrogens is 2. The van der Waals surface area contributed by atoms with Gasteiger partial charge < -0.3 is 10.1 Å². The number of nitrogens with zero attached hydrogens (tertiary/aromatic N) is 2. The predicted molar refractivity (Wildman–Crippen MR) is 82.8 cm³/mol. The third-order valence-electron chi connectivity index (χ3n) is 3.74. The van der Waals surface area contributed by atoms with Crippen LogP contribution in [0.1, 0.15) is 23.7 Å². The van der Waals surface area contributed by atoms with Crippen LogP contribution in [0, 0.1) is 0 Å². The summed E-state index contributed by atoms with van der Waals surface area (Å²) in [6.07, 6.45) is 6.69. The first-order chi connectivity index (χ1) is 9.79. The molecule has 0 aliphatic heterocycles. The zero-order valence-electron chi connectivity index (χ0n) is 11.7. The number of hydrogen-bond acceptors (Lipinski definition) is 2. The fraction of sp³-hybridized carbons (Fsp3) is 0.235. The molecule has 0 saturated carbocycles. The van der Waals surface area contributed by atoms with Crippen molar-refractivity contribution in [2.75, 3.05) is 5.73 Å². The SMILES string of the molecule is CCc1cc(N)n2ccnc(CCc3ccccc3)c12. The van der Waals surface area contributed by atoms with E-state index in [2.05, 4.69) is 42.2 Å². The third kappa shape index (κ3) is 2.27. The van der Waals surface area contributed by atoms with Gasteiger partial charge in [-0.05, 0) is 36.5 Å². The van der Waals surface area contributed by atoms with Gasteiger partial charge in [0, 0.05) is 12.4 Å². The molecular formula is C17H19N3. The van der Waals surface area contributed by atoms with E-state index in [0.29, 0.717) is 0 Å². The number of hydrogen-bond donors (Lipinski definition) is 1. The van der Waals surface area contributed by atoms with Crippen LogP contribution in [0.25, 0.3) is 5.52 Å². The Labute approximate surface area is 119 Å². The molecule has 0 aliphatic carbocycles. The average molecular weight is 265 g/mol. The summed E-state index contributed by atoms with van der Waals surface area (Å²) in [6, 6.07) is 12.6. The minimum absolute atomic E-state index is 0.792. The van der Waals surface area contributed by atoms with E-state index >= 15 is 0 Å². The van der Waals surface area contributed by atoms with Crippen molar-refractivity contribution in [2.24, 2.45) is 0 Å². The summed E-state index contributed by atoms with van der Waals surface area (Å²) in [4.78, 5) is 4.57. The van der Waals surface area contributed by atoms with Gasteiger partial charge in [-0.15, -0.1) is 0 Å². The zero-order chi connectivity index (χ0) is 13.9. The summed E-state index contributed by atoms with van der Waals surface area (Å²) >= 11 is 0. The predicted octanol–water partition coefficient (Wildman–Crippen LogP) is 3.26. The highest BCUT2D eigenvalue weighted by atomic mass is 15.0. The van der Waals surface area contributed by atoms with Gasteiger partial charge in [0.05, 0.1) is 11.2 Å². The van der Waals surface area contributed by atoms with Gasteiger partial charge in [-0.25, -0.2) is 0 Å². The molecule has 0 amide bonds. The Kier molecular flexibility index (Phi) is 3.42. The summed E-state index contributed by atoms with van der Waals surface area (Å²) in [5.74, 6) is 0.792. The maximum absolute atomic E-state index is 6.06. The number of nitrogens with two attached hydrogens (primary N) is 1. The molecule has 3 rings (SSSR count). The lowest BCUT2D eigenvalue weighted by Gasteiger charge is -2.06. The molecule has 0 spiro atoms. The Morgan fingerprint density at radius 3 is 2.70 bits per heavy atom. The second kappa shape index (κ2) is 5.37. The van der Waals surface area contributed by atoms with Crippen LogP contribution in [0.4, 0.5) is 5.82 Å². The molecule has 0 radical (unpaired) electrons. The van der Waals surface area contributed by atoms with E-state index < -0.39 is 0 Å². The molecule has 2 heterocycles. The van der Waals surface area contributed by atoms with Crippen molar-refractivity contribution in [1.29, 1.82) is 0 Å². The Hall–Kier alpha value is -2.29. The molecule has 3 aromatic rings. The average Bonchev–Trinajstić information content (AvgIpc) is 2.83. The van der Waals surface area contributed by atoms with Gasteiger partial charge in [-0.3, -0.25) is 4.98 Å². The van der Waals surface area contributed by atoms with E-state index in [1.807, 2.05) is 22.9 Å². The van der Waals surface area contributed by atoms with Crippen molar-refractivity contribution >= 4 is 11.3 Å². The molecule has 0 saturated heterocycles. The van der Waals surface area contributed by atoms with E-state index in [1.165, 1.54) is 16.6 Å². The van der Waals surface area contributed by atoms with Crippen LogP contribution in [0.3, 0.4) is 0 Å². The number of aryl methyl sites for hydroxylation is 3. The molecule has 0 bridgehead atoms. The molecule has 2 N–H and O–H groups in total. The molecule has 3 heteroatoms. The van der Waals surface area contributed by atoms with Crippen LogP contribution in [-0.2, 0) is 19.3 Å². The molecule has 0 aliphatic rings. The summed E-state index contributed by atoms with van der Waals surface area (Å²) in [7, 11) is 0. The smallest absolute Gasteiger partial charge is 0.108 e. The van der Waals surface area contributed by atoms with Crippen molar-refractivity contribution in [2.45, 2.75) is 26.2 Å². The zero-order valence-corrected chi connectivity index (χ0v) is 11.7. The molecule has 0 fully saturated rings. The van der Waals surface area contributed by atoms with E-state index in [4.69, 9.17) is 5.73 Å². The Balaban J connectivity index is 1.95. The van der Waals surface area contributed by atoms with Gasteiger partial charge in [0.2, 0.25) is 0 Å². The number of anilines is 1. The van der Waals surface area contributed by atoms with Gasteiger partial charge in [0.15, 0.2) is 0 Å². The first kappa shape index (κ1) is 12.7. The van der Waals surface area contributed by atoms with Crippen LogP contribution < -0.4 is 5.73 Å². The number of nitrogen functional groups attached to an aromatic ring is 1. The second-order valence-corrected chi connectivity index (χ2v) is 5.03. The first-order valence-corrected chi connectivity index (χ1v) is 7.07. The second-order valence-electron chi connectivity index (χ2n) is 5.03. The number of rotatable bonds is 4. The lowest BCUT2D eigenvalue weighted by atomic mass is 10.1. The molecule has 1 aromatic carbocycles. The highest BCUT2D eigenvalue weighted by Gasteiger charge is 2.10. The van der Waals surface area contributed by atoms with Crippen LogP contribution in [-0.4, -0.2) is 9.38 Å². The van der Waals surface area contributed by atoms with Gasteiger partial charge in [-0.2, -0.15) is 0 Å². The topological polar surface area (TPSA) is 43.3 Å². The fourth-order valence-corrected chi connectivity index (χ4v) is 2.70. The maximum atomic E-state index is 6.06. The quantitative estimate of drug-likeness (QED) is 0.786. The molecule has 0 atom stereocenters. The van der Waals surface area contributed by atoms with Crippen LogP contribution in [0.5, 0.6) is 0 Å². The summed E-state index contributed by atoms with van der Waals surface area (Å²) < 4.78 is 2.05. The van der Waals surface area contributed by atoms with Crippen molar-refractivity contribution in [1.82, 2.24) is 9.38 Å². The van der Waals surface area contributed by atoms with Crippen LogP contribution in [0.2, 0.25) is 0 Å². The molecule has 102 valence electrons. The first-order valence-electron chi connectivity index (χ1n) is 7.07. The van der Waals surface area contributed by atoms with Gasteiger partial charge in [-0.1, -0.05) is 37.3 Å². The maximum Gasteiger partial charge on any atom is 0.108 e. The van der Waals surface area contributed by atoms with E-state index in [1.54, 1.807) is 0 Å². The van der Waals surface area contributed by atoms with Crippen molar-refractivity contribution in [3.63, 3.8) is 0 Å². The number of benzene rings is 1. The Morgan fingerprint density at radius 1 is 1.15 bits per heavy atom. The van der Waals surface area contributed by atoms with Gasteiger partial charge in [0.25, 0.3) is 0 Å². The highest BCUT2D eigenvalue weighted by Crippen LogP contribution is 2.22. The van der Waals surface area contributed by atoms with E-state index in [9.17, 15) is 0 Å². The van der Waals surface area contributed by atoms with Crippen molar-refractivity contribution < 1.29 is 0 Å². The standard InChI is InChI=1S/C17H19N3/c1-2-14-12-16(18)20-11-10-19-15(17(14)20)9-8-13-6-4-3-5-7-13/h3-7,10-12H,2,8-9,18H2,1H3. The highest BCUT2D eigenvalue weighted by molar-refractivity contribution is 5.66. The normalized spacial score (nSPS) is 11.1. The molecule has 0 unspecified atom stereocenters. The van der Waals surface area contributed by atoms with E-state index in [0.717, 1.165) is 30.8 Å². The monoisotopic (exact) mass is 265 g/mol. The third-order valence-corrected chi connectivity index (χ3v) is 3.74. The van der Waals surface area contributed by atoms with Gasteiger partial charge in [0.1, 0.15) is 5.82 Å². The lowest BCUT2D eigenvalue weighted by molar-refractivity contribution is 0.905. The summed E-state index contributed by atoms with van der Waals surface area (Å²) in [6.45, 7) is 2.16.